The number of hydrogen-bond donors (Lipinski definition) is 1. The fourth-order valence-electron chi connectivity index (χ4n) is 4.47. The lowest BCUT2D eigenvalue weighted by molar-refractivity contribution is 0.0678. The van der Waals surface area contributed by atoms with Crippen LogP contribution in [0.1, 0.15) is 42.5 Å². The van der Waals surface area contributed by atoms with Gasteiger partial charge >= 0.3 is 0 Å². The molecule has 8 nitrogen and oxygen atoms in total. The van der Waals surface area contributed by atoms with Crippen molar-refractivity contribution in [3.8, 4) is 28.3 Å². The molecule has 1 aromatic carbocycles. The van der Waals surface area contributed by atoms with Gasteiger partial charge in [0.05, 0.1) is 11.3 Å². The number of alkyl halides is 2. The molecular formula is C26H25F3N6O2. The number of nitrogens with two attached hydrogens (primary N) is 1. The maximum atomic E-state index is 13.7. The Hall–Kier alpha value is -3.99. The highest BCUT2D eigenvalue weighted by Crippen LogP contribution is 2.39. The molecule has 2 N–H and O–H groups in total. The molecule has 0 bridgehead atoms. The zero-order chi connectivity index (χ0) is 25.9. The van der Waals surface area contributed by atoms with Gasteiger partial charge in [-0.2, -0.15) is 4.98 Å². The predicted molar refractivity (Wildman–Crippen MR) is 130 cm³/mol. The lowest BCUT2D eigenvalue weighted by Crippen LogP contribution is -2.21. The lowest BCUT2D eigenvalue weighted by Gasteiger charge is -2.25. The Labute approximate surface area is 211 Å². The van der Waals surface area contributed by atoms with E-state index in [0.717, 1.165) is 12.8 Å². The van der Waals surface area contributed by atoms with Crippen molar-refractivity contribution in [3.63, 3.8) is 0 Å². The number of aryl methyl sites for hydroxylation is 1. The number of halogens is 3. The number of pyridine rings is 1. The molecule has 11 heteroatoms. The molecule has 1 aliphatic heterocycles. The molecule has 1 saturated heterocycles. The van der Waals surface area contributed by atoms with Gasteiger partial charge in [0.15, 0.2) is 0 Å². The Bertz CT molecular complexity index is 1390. The van der Waals surface area contributed by atoms with Crippen molar-refractivity contribution in [2.24, 2.45) is 0 Å². The highest BCUT2D eigenvalue weighted by Gasteiger charge is 2.23. The summed E-state index contributed by atoms with van der Waals surface area (Å²) in [6, 6.07) is 8.78. The van der Waals surface area contributed by atoms with Gasteiger partial charge in [0.25, 0.3) is 6.43 Å². The van der Waals surface area contributed by atoms with Gasteiger partial charge in [-0.25, -0.2) is 23.1 Å². The molecule has 0 unspecified atom stereocenters. The van der Waals surface area contributed by atoms with E-state index in [9.17, 15) is 13.2 Å². The normalized spacial score (nSPS) is 14.3. The molecule has 5 rings (SSSR count). The van der Waals surface area contributed by atoms with E-state index in [-0.39, 0.29) is 24.5 Å². The number of aromatic nitrogens is 5. The van der Waals surface area contributed by atoms with Gasteiger partial charge in [0.2, 0.25) is 11.8 Å². The quantitative estimate of drug-likeness (QED) is 0.360. The molecule has 4 heterocycles. The zero-order valence-electron chi connectivity index (χ0n) is 20.1. The van der Waals surface area contributed by atoms with Crippen LogP contribution < -0.4 is 10.5 Å². The zero-order valence-corrected chi connectivity index (χ0v) is 20.1. The first kappa shape index (κ1) is 24.7. The summed E-state index contributed by atoms with van der Waals surface area (Å²) in [5.41, 5.74) is 7.59. The number of imidazole rings is 1. The van der Waals surface area contributed by atoms with Crippen LogP contribution in [0.2, 0.25) is 0 Å². The van der Waals surface area contributed by atoms with E-state index in [2.05, 4.69) is 24.5 Å². The molecule has 3 aromatic heterocycles. The van der Waals surface area contributed by atoms with Crippen molar-refractivity contribution < 1.29 is 22.6 Å². The number of benzene rings is 1. The Morgan fingerprint density at radius 1 is 1.08 bits per heavy atom. The summed E-state index contributed by atoms with van der Waals surface area (Å²) in [4.78, 5) is 17.1. The number of anilines is 1. The van der Waals surface area contributed by atoms with Crippen molar-refractivity contribution in [1.82, 2.24) is 24.5 Å². The lowest BCUT2D eigenvalue weighted by atomic mass is 9.99. The largest absolute Gasteiger partial charge is 0.469 e. The molecular weight excluding hydrogens is 485 g/mol. The van der Waals surface area contributed by atoms with Crippen LogP contribution in [0.25, 0.3) is 22.4 Å². The molecule has 0 amide bonds. The van der Waals surface area contributed by atoms with Gasteiger partial charge in [-0.05, 0) is 61.7 Å². The molecule has 0 atom stereocenters. The van der Waals surface area contributed by atoms with Crippen LogP contribution in [0.3, 0.4) is 0 Å². The van der Waals surface area contributed by atoms with Crippen LogP contribution in [0.4, 0.5) is 19.1 Å². The minimum Gasteiger partial charge on any atom is -0.469 e. The highest BCUT2D eigenvalue weighted by atomic mass is 19.3. The van der Waals surface area contributed by atoms with Crippen LogP contribution >= 0.6 is 0 Å². The summed E-state index contributed by atoms with van der Waals surface area (Å²) in [5.74, 6) is 0.269. The number of hydrogen-bond acceptors (Lipinski definition) is 7. The summed E-state index contributed by atoms with van der Waals surface area (Å²) < 4.78 is 54.6. The van der Waals surface area contributed by atoms with Crippen LogP contribution in [0.15, 0.2) is 48.8 Å². The van der Waals surface area contributed by atoms with E-state index in [1.807, 2.05) is 6.20 Å². The Morgan fingerprint density at radius 3 is 2.57 bits per heavy atom. The van der Waals surface area contributed by atoms with Crippen molar-refractivity contribution in [2.75, 3.05) is 18.9 Å². The van der Waals surface area contributed by atoms with E-state index in [1.54, 1.807) is 19.2 Å². The number of nitrogen functional groups attached to an aromatic ring is 1. The van der Waals surface area contributed by atoms with E-state index < -0.39 is 17.9 Å². The molecule has 37 heavy (non-hydrogen) atoms. The fraction of sp³-hybridized carbons (Fsp3) is 0.308. The number of nitrogens with zero attached hydrogens (tertiary/aromatic N) is 5. The van der Waals surface area contributed by atoms with E-state index in [4.69, 9.17) is 15.2 Å². The van der Waals surface area contributed by atoms with E-state index >= 15 is 0 Å². The first-order valence-electron chi connectivity index (χ1n) is 11.8. The molecule has 0 spiro atoms. The molecule has 192 valence electrons. The minimum absolute atomic E-state index is 0.0580. The third-order valence-electron chi connectivity index (χ3n) is 6.17. The molecule has 1 aliphatic rings. The monoisotopic (exact) mass is 510 g/mol. The number of ether oxygens (including phenoxy) is 2. The summed E-state index contributed by atoms with van der Waals surface area (Å²) in [7, 11) is 0. The molecule has 1 fully saturated rings. The van der Waals surface area contributed by atoms with Crippen molar-refractivity contribution in [1.29, 1.82) is 0 Å². The second kappa shape index (κ2) is 10.6. The summed E-state index contributed by atoms with van der Waals surface area (Å²) in [5, 5.41) is 0. The Balaban J connectivity index is 1.59. The highest BCUT2D eigenvalue weighted by molar-refractivity contribution is 5.85. The summed E-state index contributed by atoms with van der Waals surface area (Å²) >= 11 is 0. The third kappa shape index (κ3) is 5.41. The van der Waals surface area contributed by atoms with Gasteiger partial charge in [0.1, 0.15) is 23.9 Å². The van der Waals surface area contributed by atoms with Gasteiger partial charge in [-0.3, -0.25) is 4.98 Å². The van der Waals surface area contributed by atoms with Gasteiger partial charge < -0.3 is 19.8 Å². The average Bonchev–Trinajstić information content (AvgIpc) is 3.36. The van der Waals surface area contributed by atoms with Gasteiger partial charge in [0, 0.05) is 42.9 Å². The second-order valence-corrected chi connectivity index (χ2v) is 8.72. The second-order valence-electron chi connectivity index (χ2n) is 8.72. The number of rotatable bonds is 7. The SMILES string of the molecule is Cc1cc(-c2c(OCc3nccn3C3CCOCC3)nc(N)nc2-c2ccc(F)cc2)cc(C(F)F)n1. The van der Waals surface area contributed by atoms with E-state index in [0.29, 0.717) is 47.1 Å². The van der Waals surface area contributed by atoms with Crippen molar-refractivity contribution in [3.05, 3.63) is 71.8 Å². The average molecular weight is 511 g/mol. The Kier molecular flexibility index (Phi) is 7.04. The topological polar surface area (TPSA) is 101 Å². The third-order valence-corrected chi connectivity index (χ3v) is 6.17. The summed E-state index contributed by atoms with van der Waals surface area (Å²) in [6.45, 7) is 3.02. The fourth-order valence-corrected chi connectivity index (χ4v) is 4.47. The standard InChI is InChI=1S/C26H25F3N6O2/c1-15-12-17(13-20(32-15)24(28)29)22-23(16-2-4-18(27)5-3-16)33-26(30)34-25(22)37-14-21-31-8-9-35(21)19-6-10-36-11-7-19/h2-5,8-9,12-13,19,24H,6-7,10-11,14H2,1H3,(H2,30,33,34). The van der Waals surface area contributed by atoms with Crippen molar-refractivity contribution >= 4 is 5.95 Å². The minimum atomic E-state index is -2.78. The summed E-state index contributed by atoms with van der Waals surface area (Å²) in [6.07, 6.45) is 2.54. The van der Waals surface area contributed by atoms with Crippen LogP contribution in [-0.4, -0.2) is 37.7 Å². The molecule has 0 aliphatic carbocycles. The first-order chi connectivity index (χ1) is 17.9. The maximum absolute atomic E-state index is 13.7. The molecule has 0 saturated carbocycles. The van der Waals surface area contributed by atoms with Crippen LogP contribution in [0, 0.1) is 12.7 Å². The van der Waals surface area contributed by atoms with Crippen LogP contribution in [0.5, 0.6) is 5.88 Å². The molecule has 4 aromatic rings. The predicted octanol–water partition coefficient (Wildman–Crippen LogP) is 5.30. The van der Waals surface area contributed by atoms with Gasteiger partial charge in [-0.1, -0.05) is 0 Å². The van der Waals surface area contributed by atoms with E-state index in [1.165, 1.54) is 30.3 Å². The maximum Gasteiger partial charge on any atom is 0.280 e. The first-order valence-corrected chi connectivity index (χ1v) is 11.8. The molecule has 0 radical (unpaired) electrons. The van der Waals surface area contributed by atoms with Crippen LogP contribution in [-0.2, 0) is 11.3 Å². The Morgan fingerprint density at radius 2 is 1.84 bits per heavy atom. The van der Waals surface area contributed by atoms with Gasteiger partial charge in [-0.15, -0.1) is 0 Å². The van der Waals surface area contributed by atoms with Crippen molar-refractivity contribution in [2.45, 2.75) is 38.8 Å². The smallest absolute Gasteiger partial charge is 0.280 e.